The smallest absolute Gasteiger partial charge is 0.306 e. The largest absolute Gasteiger partial charge is 0.462 e. The molecule has 0 aromatic heterocycles. The zero-order chi connectivity index (χ0) is 55.7. The summed E-state index contributed by atoms with van der Waals surface area (Å²) >= 11 is 0. The molecule has 6 nitrogen and oxygen atoms in total. The molecular weight excluding hydrogens is 949 g/mol. The maximum atomic E-state index is 12.8. The molecule has 1 unspecified atom stereocenters. The van der Waals surface area contributed by atoms with E-state index in [0.717, 1.165) is 180 Å². The molecular formula is C71H112O6. The zero-order valence-corrected chi connectivity index (χ0v) is 49.4. The molecule has 6 heteroatoms. The first-order valence-electron chi connectivity index (χ1n) is 31.0. The van der Waals surface area contributed by atoms with Gasteiger partial charge in [0.1, 0.15) is 13.2 Å². The zero-order valence-electron chi connectivity index (χ0n) is 49.4. The molecule has 0 rings (SSSR count). The minimum absolute atomic E-state index is 0.102. The van der Waals surface area contributed by atoms with Gasteiger partial charge >= 0.3 is 17.9 Å². The van der Waals surface area contributed by atoms with Crippen molar-refractivity contribution in [1.82, 2.24) is 0 Å². The molecule has 0 spiro atoms. The van der Waals surface area contributed by atoms with Crippen molar-refractivity contribution in [2.45, 2.75) is 258 Å². The van der Waals surface area contributed by atoms with Gasteiger partial charge in [0.25, 0.3) is 0 Å². The highest BCUT2D eigenvalue weighted by atomic mass is 16.6. The van der Waals surface area contributed by atoms with Crippen molar-refractivity contribution in [2.24, 2.45) is 0 Å². The van der Waals surface area contributed by atoms with Gasteiger partial charge in [-0.25, -0.2) is 0 Å². The van der Waals surface area contributed by atoms with Gasteiger partial charge in [0.05, 0.1) is 0 Å². The number of carbonyl (C=O) groups is 3. The van der Waals surface area contributed by atoms with Gasteiger partial charge in [0.2, 0.25) is 0 Å². The molecule has 0 aliphatic carbocycles. The third kappa shape index (κ3) is 61.8. The van der Waals surface area contributed by atoms with Crippen molar-refractivity contribution in [3.05, 3.63) is 158 Å². The lowest BCUT2D eigenvalue weighted by Gasteiger charge is -2.18. The molecule has 0 radical (unpaired) electrons. The molecule has 432 valence electrons. The number of hydrogen-bond donors (Lipinski definition) is 0. The van der Waals surface area contributed by atoms with E-state index in [1.165, 1.54) is 32.1 Å². The Hall–Kier alpha value is -4.97. The topological polar surface area (TPSA) is 78.9 Å². The van der Waals surface area contributed by atoms with Crippen LogP contribution in [-0.2, 0) is 28.6 Å². The monoisotopic (exact) mass is 1060 g/mol. The van der Waals surface area contributed by atoms with Gasteiger partial charge < -0.3 is 14.2 Å². The van der Waals surface area contributed by atoms with Crippen LogP contribution < -0.4 is 0 Å². The Kier molecular flexibility index (Phi) is 59.5. The molecule has 0 amide bonds. The Morgan fingerprint density at radius 3 is 0.857 bits per heavy atom. The van der Waals surface area contributed by atoms with Crippen molar-refractivity contribution in [2.75, 3.05) is 13.2 Å². The van der Waals surface area contributed by atoms with E-state index in [-0.39, 0.29) is 31.1 Å². The van der Waals surface area contributed by atoms with Gasteiger partial charge in [-0.3, -0.25) is 14.4 Å². The molecule has 0 N–H and O–H groups in total. The van der Waals surface area contributed by atoms with Crippen LogP contribution in [0.3, 0.4) is 0 Å². The van der Waals surface area contributed by atoms with E-state index in [9.17, 15) is 14.4 Å². The van der Waals surface area contributed by atoms with Crippen LogP contribution in [-0.4, -0.2) is 37.2 Å². The first-order chi connectivity index (χ1) is 38.0. The molecule has 0 aliphatic heterocycles. The van der Waals surface area contributed by atoms with Crippen LogP contribution in [0.4, 0.5) is 0 Å². The quantitative estimate of drug-likeness (QED) is 0.0261. The molecule has 0 aliphatic rings. The maximum absolute atomic E-state index is 12.8. The third-order valence-corrected chi connectivity index (χ3v) is 12.5. The van der Waals surface area contributed by atoms with E-state index in [0.29, 0.717) is 19.3 Å². The maximum Gasteiger partial charge on any atom is 0.306 e. The highest BCUT2D eigenvalue weighted by Gasteiger charge is 2.19. The fraction of sp³-hybridized carbons (Fsp3) is 0.592. The number of allylic oxidation sites excluding steroid dienone is 26. The van der Waals surface area contributed by atoms with Crippen LogP contribution in [0.15, 0.2) is 158 Å². The van der Waals surface area contributed by atoms with E-state index < -0.39 is 6.10 Å². The summed E-state index contributed by atoms with van der Waals surface area (Å²) in [6.45, 7) is 6.36. The van der Waals surface area contributed by atoms with E-state index in [4.69, 9.17) is 14.2 Å². The average Bonchev–Trinajstić information content (AvgIpc) is 3.43. The second-order valence-corrected chi connectivity index (χ2v) is 19.9. The van der Waals surface area contributed by atoms with Crippen LogP contribution in [0, 0.1) is 0 Å². The van der Waals surface area contributed by atoms with Crippen LogP contribution in [0.1, 0.15) is 252 Å². The Morgan fingerprint density at radius 1 is 0.273 bits per heavy atom. The third-order valence-electron chi connectivity index (χ3n) is 12.5. The summed E-state index contributed by atoms with van der Waals surface area (Å²) in [4.78, 5) is 38.1. The fourth-order valence-corrected chi connectivity index (χ4v) is 7.84. The van der Waals surface area contributed by atoms with Crippen molar-refractivity contribution < 1.29 is 28.6 Å². The lowest BCUT2D eigenvalue weighted by molar-refractivity contribution is -0.167. The molecule has 0 saturated heterocycles. The number of carbonyl (C=O) groups excluding carboxylic acids is 3. The Bertz CT molecular complexity index is 1740. The van der Waals surface area contributed by atoms with Gasteiger partial charge in [-0.15, -0.1) is 0 Å². The van der Waals surface area contributed by atoms with Crippen molar-refractivity contribution in [1.29, 1.82) is 0 Å². The summed E-state index contributed by atoms with van der Waals surface area (Å²) in [5, 5.41) is 0. The van der Waals surface area contributed by atoms with Gasteiger partial charge in [-0.1, -0.05) is 249 Å². The van der Waals surface area contributed by atoms with Gasteiger partial charge in [-0.2, -0.15) is 0 Å². The summed E-state index contributed by atoms with van der Waals surface area (Å²) in [6, 6.07) is 0. The molecule has 0 aromatic rings. The van der Waals surface area contributed by atoms with Crippen LogP contribution in [0.2, 0.25) is 0 Å². The number of rotatable bonds is 54. The van der Waals surface area contributed by atoms with Crippen molar-refractivity contribution >= 4 is 17.9 Å². The minimum atomic E-state index is -0.805. The molecule has 0 bridgehead atoms. The molecule has 0 fully saturated rings. The Morgan fingerprint density at radius 2 is 0.532 bits per heavy atom. The van der Waals surface area contributed by atoms with E-state index >= 15 is 0 Å². The highest BCUT2D eigenvalue weighted by Crippen LogP contribution is 2.13. The first-order valence-corrected chi connectivity index (χ1v) is 31.0. The lowest BCUT2D eigenvalue weighted by atomic mass is 10.1. The molecule has 0 heterocycles. The van der Waals surface area contributed by atoms with Crippen LogP contribution in [0.5, 0.6) is 0 Å². The minimum Gasteiger partial charge on any atom is -0.462 e. The summed E-state index contributed by atoms with van der Waals surface area (Å²) in [7, 11) is 0. The average molecular weight is 1060 g/mol. The second-order valence-electron chi connectivity index (χ2n) is 19.9. The molecule has 0 aromatic carbocycles. The van der Waals surface area contributed by atoms with Crippen molar-refractivity contribution in [3.8, 4) is 0 Å². The highest BCUT2D eigenvalue weighted by molar-refractivity contribution is 5.71. The van der Waals surface area contributed by atoms with Crippen LogP contribution in [0.25, 0.3) is 0 Å². The van der Waals surface area contributed by atoms with E-state index in [2.05, 4.69) is 179 Å². The Balaban J connectivity index is 4.28. The predicted molar refractivity (Wildman–Crippen MR) is 334 cm³/mol. The van der Waals surface area contributed by atoms with Crippen LogP contribution >= 0.6 is 0 Å². The van der Waals surface area contributed by atoms with Gasteiger partial charge in [0, 0.05) is 19.3 Å². The fourth-order valence-electron chi connectivity index (χ4n) is 7.84. The second kappa shape index (κ2) is 63.6. The lowest BCUT2D eigenvalue weighted by Crippen LogP contribution is -2.30. The number of esters is 3. The van der Waals surface area contributed by atoms with Crippen molar-refractivity contribution in [3.63, 3.8) is 0 Å². The standard InChI is InChI=1S/C71H112O6/c1-4-7-10-13-16-19-22-24-25-26-27-28-29-30-31-32-33-34-35-36-37-38-39-40-41-42-43-44-45-47-49-52-55-58-61-64-70(73)76-67-68(66-75-69(72)63-60-57-54-51-48-21-18-15-12-9-6-3)77-71(74)65-62-59-56-53-50-46-23-20-17-14-11-8-5-2/h7,10-11,14-16,18-20,23-25,27-28,30-31,33-34,36-37,39-40,42-43,45,47,68H,4-6,8-9,12-13,17,21-22,26,29,32,35,38,41,44,46,48-67H2,1-3H3/b10-7-,14-11-,18-15-,19-16-,23-20-,25-24-,28-27-,31-30-,34-33-,37-36-,40-39-,43-42-,47-45-. The first kappa shape index (κ1) is 72.0. The Labute approximate surface area is 473 Å². The molecule has 0 saturated carbocycles. The molecule has 77 heavy (non-hydrogen) atoms. The number of unbranched alkanes of at least 4 members (excludes halogenated alkanes) is 17. The SMILES string of the molecule is CC/C=C\C/C=C\C/C=C\C/C=C\C/C=C\C/C=C\C/C=C\C/C=C\C/C=C\C/C=C\CCCCCCC(=O)OCC(COC(=O)CCCCCCC/C=C\CCCC)OC(=O)CCCCCCC/C=C\C/C=C\CCC. The number of hydrogen-bond acceptors (Lipinski definition) is 6. The van der Waals surface area contributed by atoms with E-state index in [1.54, 1.807) is 0 Å². The predicted octanol–water partition coefficient (Wildman–Crippen LogP) is 21.3. The summed E-state index contributed by atoms with van der Waals surface area (Å²) in [6.07, 6.45) is 92.5. The number of ether oxygens (including phenoxy) is 3. The summed E-state index contributed by atoms with van der Waals surface area (Å²) < 4.78 is 16.8. The normalized spacial score (nSPS) is 13.2. The summed E-state index contributed by atoms with van der Waals surface area (Å²) in [5.41, 5.74) is 0. The van der Waals surface area contributed by atoms with Gasteiger partial charge in [0.15, 0.2) is 6.10 Å². The summed E-state index contributed by atoms with van der Waals surface area (Å²) in [5.74, 6) is -0.959. The molecule has 1 atom stereocenters. The van der Waals surface area contributed by atoms with Gasteiger partial charge in [-0.05, 0) is 141 Å². The van der Waals surface area contributed by atoms with E-state index in [1.807, 2.05) is 0 Å².